The maximum Gasteiger partial charge on any atom is 0.350 e. The van der Waals surface area contributed by atoms with Gasteiger partial charge in [0.1, 0.15) is 27.0 Å². The van der Waals surface area contributed by atoms with Crippen LogP contribution in [0.1, 0.15) is 22.2 Å². The number of H-pyrrole nitrogens is 1. The van der Waals surface area contributed by atoms with Crippen molar-refractivity contribution in [1.82, 2.24) is 4.98 Å². The van der Waals surface area contributed by atoms with E-state index in [-0.39, 0.29) is 51.7 Å². The number of benzene rings is 1. The molecule has 0 unspecified atom stereocenters. The molecule has 10 nitrogen and oxygen atoms in total. The second kappa shape index (κ2) is 6.90. The molecule has 3 aromatic rings. The van der Waals surface area contributed by atoms with Crippen LogP contribution >= 0.6 is 22.9 Å². The van der Waals surface area contributed by atoms with Crippen molar-refractivity contribution in [3.8, 4) is 17.6 Å². The molecule has 0 spiro atoms. The van der Waals surface area contributed by atoms with Gasteiger partial charge in [-0.15, -0.1) is 11.3 Å². The summed E-state index contributed by atoms with van der Waals surface area (Å²) in [4.78, 5) is 42.4. The molecule has 0 bridgehead atoms. The van der Waals surface area contributed by atoms with Crippen LogP contribution in [0.5, 0.6) is 11.5 Å². The summed E-state index contributed by atoms with van der Waals surface area (Å²) >= 11 is 7.35. The highest BCUT2D eigenvalue weighted by Gasteiger charge is 2.39. The van der Waals surface area contributed by atoms with E-state index in [1.807, 2.05) is 6.07 Å². The van der Waals surface area contributed by atoms with E-state index < -0.39 is 17.6 Å². The first-order valence-corrected chi connectivity index (χ1v) is 10.1. The smallest absolute Gasteiger partial charge is 0.350 e. The molecule has 1 aromatic carbocycles. The fourth-order valence-electron chi connectivity index (χ4n) is 3.55. The number of aromatic nitrogens is 1. The minimum Gasteiger partial charge on any atom is -0.462 e. The fourth-order valence-corrected chi connectivity index (χ4v) is 4.83. The number of halogens is 1. The quantitative estimate of drug-likeness (QED) is 0.571. The average Bonchev–Trinajstić information content (AvgIpc) is 3.34. The zero-order chi connectivity index (χ0) is 21.9. The number of anilines is 3. The normalized spacial score (nSPS) is 13.8. The number of fused-ring (bicyclic) bond motifs is 1. The maximum atomic E-state index is 13.3. The molecule has 31 heavy (non-hydrogen) atoms. The summed E-state index contributed by atoms with van der Waals surface area (Å²) in [7, 11) is 0. The van der Waals surface area contributed by atoms with Crippen molar-refractivity contribution in [2.24, 2.45) is 0 Å². The number of thiophene rings is 1. The number of aromatic amines is 1. The van der Waals surface area contributed by atoms with E-state index in [0.717, 1.165) is 16.2 Å². The van der Waals surface area contributed by atoms with Crippen molar-refractivity contribution in [1.29, 1.82) is 5.26 Å². The summed E-state index contributed by atoms with van der Waals surface area (Å²) < 4.78 is 15.9. The van der Waals surface area contributed by atoms with E-state index in [9.17, 15) is 19.6 Å². The van der Waals surface area contributed by atoms with E-state index in [4.69, 9.17) is 25.8 Å². The highest BCUT2D eigenvalue weighted by molar-refractivity contribution is 7.21. The standard InChI is InChI=1S/C19H11ClN4O6S/c1-2-28-18(26)15-11-10-12(7(5-21)16(25)23-17(10)31-15)24(19(27)22-11)13-8(20)3-4-9-14(13)30-6-29-9/h3-4H,2,6H2,1H3,(H,22,27)(H,23,25). The Kier molecular flexibility index (Phi) is 4.28. The van der Waals surface area contributed by atoms with Crippen LogP contribution in [0.3, 0.4) is 0 Å². The fraction of sp³-hybridized carbons (Fsp3) is 0.158. The van der Waals surface area contributed by atoms with Crippen LogP contribution in [0.15, 0.2) is 16.9 Å². The lowest BCUT2D eigenvalue weighted by molar-refractivity contribution is 0.0533. The monoisotopic (exact) mass is 458 g/mol. The third-order valence-corrected chi connectivity index (χ3v) is 6.14. The molecule has 2 aliphatic rings. The van der Waals surface area contributed by atoms with Crippen molar-refractivity contribution in [2.75, 3.05) is 23.6 Å². The second-order valence-electron chi connectivity index (χ2n) is 6.42. The van der Waals surface area contributed by atoms with Gasteiger partial charge in [0, 0.05) is 0 Å². The first kappa shape index (κ1) is 19.2. The molecule has 2 N–H and O–H groups in total. The summed E-state index contributed by atoms with van der Waals surface area (Å²) in [5, 5.41) is 12.8. The number of rotatable bonds is 3. The summed E-state index contributed by atoms with van der Waals surface area (Å²) in [5.41, 5.74) is -0.758. The Labute approximate surface area is 182 Å². The minimum atomic E-state index is -0.731. The average molecular weight is 459 g/mol. The molecular weight excluding hydrogens is 448 g/mol. The third kappa shape index (κ3) is 2.66. The molecule has 0 atom stereocenters. The zero-order valence-corrected chi connectivity index (χ0v) is 17.3. The Morgan fingerprint density at radius 2 is 2.16 bits per heavy atom. The number of nitrogens with zero attached hydrogens (tertiary/aromatic N) is 2. The van der Waals surface area contributed by atoms with Crippen LogP contribution in [0, 0.1) is 11.3 Å². The topological polar surface area (TPSA) is 134 Å². The van der Waals surface area contributed by atoms with E-state index in [1.165, 1.54) is 6.07 Å². The lowest BCUT2D eigenvalue weighted by Gasteiger charge is -2.30. The molecule has 4 heterocycles. The van der Waals surface area contributed by atoms with E-state index >= 15 is 0 Å². The van der Waals surface area contributed by atoms with Crippen molar-refractivity contribution >= 4 is 62.2 Å². The lowest BCUT2D eigenvalue weighted by atomic mass is 10.1. The van der Waals surface area contributed by atoms with Gasteiger partial charge in [-0.3, -0.25) is 9.69 Å². The summed E-state index contributed by atoms with van der Waals surface area (Å²) in [6.07, 6.45) is 0. The molecule has 0 saturated carbocycles. The van der Waals surface area contributed by atoms with Gasteiger partial charge in [0.15, 0.2) is 11.5 Å². The molecule has 2 aromatic heterocycles. The van der Waals surface area contributed by atoms with Crippen molar-refractivity contribution < 1.29 is 23.8 Å². The Morgan fingerprint density at radius 1 is 1.35 bits per heavy atom. The Balaban J connectivity index is 1.88. The summed E-state index contributed by atoms with van der Waals surface area (Å²) in [5.74, 6) is -0.104. The number of hydrogen-bond acceptors (Lipinski definition) is 8. The van der Waals surface area contributed by atoms with Gasteiger partial charge in [-0.1, -0.05) is 11.6 Å². The molecule has 12 heteroatoms. The summed E-state index contributed by atoms with van der Waals surface area (Å²) in [6.45, 7) is 1.70. The van der Waals surface area contributed by atoms with Gasteiger partial charge in [-0.05, 0) is 19.1 Å². The Bertz CT molecular complexity index is 1410. The van der Waals surface area contributed by atoms with Crippen LogP contribution in [0.2, 0.25) is 5.02 Å². The van der Waals surface area contributed by atoms with Gasteiger partial charge in [0.25, 0.3) is 5.56 Å². The number of ether oxygens (including phenoxy) is 3. The van der Waals surface area contributed by atoms with Crippen LogP contribution in [-0.4, -0.2) is 30.4 Å². The number of urea groups is 1. The number of hydrogen-bond donors (Lipinski definition) is 2. The van der Waals surface area contributed by atoms with Gasteiger partial charge >= 0.3 is 12.0 Å². The van der Waals surface area contributed by atoms with Gasteiger partial charge in [-0.2, -0.15) is 5.26 Å². The number of carbonyl (C=O) groups is 2. The SMILES string of the molecule is CCOC(=O)c1sc2[nH]c(=O)c(C#N)c3c2c1NC(=O)N3c1c(Cl)ccc2c1OCO2. The van der Waals surface area contributed by atoms with E-state index in [1.54, 1.807) is 13.0 Å². The number of nitrogens with one attached hydrogen (secondary N) is 2. The van der Waals surface area contributed by atoms with Gasteiger partial charge in [0.2, 0.25) is 6.79 Å². The molecule has 2 amide bonds. The van der Waals surface area contributed by atoms with Crippen LogP contribution in [0.25, 0.3) is 10.2 Å². The highest BCUT2D eigenvalue weighted by Crippen LogP contribution is 2.52. The molecule has 2 aliphatic heterocycles. The maximum absolute atomic E-state index is 13.3. The van der Waals surface area contributed by atoms with E-state index in [0.29, 0.717) is 16.0 Å². The van der Waals surface area contributed by atoms with Crippen LogP contribution < -0.4 is 25.2 Å². The summed E-state index contributed by atoms with van der Waals surface area (Å²) in [6, 6.07) is 4.22. The molecule has 156 valence electrons. The molecule has 0 saturated heterocycles. The number of carbonyl (C=O) groups excluding carboxylic acids is 2. The largest absolute Gasteiger partial charge is 0.462 e. The number of pyridine rings is 1. The zero-order valence-electron chi connectivity index (χ0n) is 15.7. The van der Waals surface area contributed by atoms with Gasteiger partial charge < -0.3 is 24.5 Å². The van der Waals surface area contributed by atoms with Crippen molar-refractivity contribution in [3.63, 3.8) is 0 Å². The van der Waals surface area contributed by atoms with Gasteiger partial charge in [0.05, 0.1) is 28.4 Å². The molecule has 0 fully saturated rings. The Hall–Kier alpha value is -3.75. The predicted molar refractivity (Wildman–Crippen MR) is 112 cm³/mol. The highest BCUT2D eigenvalue weighted by atomic mass is 35.5. The first-order valence-electron chi connectivity index (χ1n) is 8.95. The Morgan fingerprint density at radius 3 is 2.90 bits per heavy atom. The van der Waals surface area contributed by atoms with Crippen molar-refractivity contribution in [2.45, 2.75) is 6.92 Å². The molecule has 0 aliphatic carbocycles. The van der Waals surface area contributed by atoms with Crippen molar-refractivity contribution in [3.05, 3.63) is 37.9 Å². The first-order chi connectivity index (χ1) is 15.0. The lowest BCUT2D eigenvalue weighted by Crippen LogP contribution is -2.36. The number of esters is 1. The number of nitriles is 1. The van der Waals surface area contributed by atoms with Gasteiger partial charge in [-0.25, -0.2) is 9.59 Å². The molecular formula is C19H11ClN4O6S. The second-order valence-corrected chi connectivity index (χ2v) is 7.84. The predicted octanol–water partition coefficient (Wildman–Crippen LogP) is 3.70. The van der Waals surface area contributed by atoms with Crippen LogP contribution in [-0.2, 0) is 4.74 Å². The van der Waals surface area contributed by atoms with Crippen LogP contribution in [0.4, 0.5) is 21.9 Å². The molecule has 5 rings (SSSR count). The molecule has 0 radical (unpaired) electrons. The minimum absolute atomic E-state index is 0.00222. The third-order valence-electron chi connectivity index (χ3n) is 4.75. The van der Waals surface area contributed by atoms with E-state index in [2.05, 4.69) is 10.3 Å². The number of amides is 2.